The van der Waals surface area contributed by atoms with Crippen molar-refractivity contribution in [1.82, 2.24) is 9.97 Å². The number of nitrogens with one attached hydrogen (secondary N) is 1. The second-order valence-corrected chi connectivity index (χ2v) is 7.03. The second-order valence-electron chi connectivity index (χ2n) is 4.64. The van der Waals surface area contributed by atoms with E-state index < -0.39 is 0 Å². The van der Waals surface area contributed by atoms with Crippen molar-refractivity contribution in [2.75, 3.05) is 18.1 Å². The summed E-state index contributed by atoms with van der Waals surface area (Å²) in [7, 11) is 0. The standard InChI is InChI=1S/C12H17N3S2/c1-8-5-17-10-9(8)14-7-15-11(10)13-6-12(2,3)16-4/h5,7H,6H2,1-4H3,(H,13,14,15). The van der Waals surface area contributed by atoms with Gasteiger partial charge >= 0.3 is 0 Å². The molecule has 0 radical (unpaired) electrons. The maximum atomic E-state index is 4.34. The average Bonchev–Trinajstić information content (AvgIpc) is 2.70. The lowest BCUT2D eigenvalue weighted by molar-refractivity contribution is 0.751. The van der Waals surface area contributed by atoms with Gasteiger partial charge in [-0.1, -0.05) is 0 Å². The summed E-state index contributed by atoms with van der Waals surface area (Å²) in [5, 5.41) is 5.56. The number of anilines is 1. The summed E-state index contributed by atoms with van der Waals surface area (Å²) < 4.78 is 1.37. The summed E-state index contributed by atoms with van der Waals surface area (Å²) in [5.41, 5.74) is 2.29. The first kappa shape index (κ1) is 12.6. The molecule has 5 heteroatoms. The van der Waals surface area contributed by atoms with Crippen LogP contribution in [-0.2, 0) is 0 Å². The summed E-state index contributed by atoms with van der Waals surface area (Å²) >= 11 is 3.56. The number of aryl methyl sites for hydroxylation is 1. The number of rotatable bonds is 4. The topological polar surface area (TPSA) is 37.8 Å². The highest BCUT2D eigenvalue weighted by Crippen LogP contribution is 2.29. The maximum absolute atomic E-state index is 4.34. The lowest BCUT2D eigenvalue weighted by Gasteiger charge is -2.22. The third-order valence-electron chi connectivity index (χ3n) is 2.77. The van der Waals surface area contributed by atoms with E-state index in [1.807, 2.05) is 11.8 Å². The molecule has 0 fully saturated rings. The summed E-state index contributed by atoms with van der Waals surface area (Å²) in [6.45, 7) is 7.43. The molecule has 17 heavy (non-hydrogen) atoms. The third kappa shape index (κ3) is 2.72. The van der Waals surface area contributed by atoms with Crippen molar-refractivity contribution in [2.24, 2.45) is 0 Å². The molecule has 0 bridgehead atoms. The summed E-state index contributed by atoms with van der Waals surface area (Å²) in [5.74, 6) is 0.954. The largest absolute Gasteiger partial charge is 0.367 e. The van der Waals surface area contributed by atoms with Gasteiger partial charge in [0.25, 0.3) is 0 Å². The number of aromatic nitrogens is 2. The molecule has 2 aromatic heterocycles. The second kappa shape index (κ2) is 4.82. The van der Waals surface area contributed by atoms with Gasteiger partial charge in [0, 0.05) is 11.3 Å². The zero-order valence-electron chi connectivity index (χ0n) is 10.6. The molecular weight excluding hydrogens is 250 g/mol. The van der Waals surface area contributed by atoms with Crippen molar-refractivity contribution in [1.29, 1.82) is 0 Å². The Hall–Kier alpha value is -0.810. The van der Waals surface area contributed by atoms with Crippen LogP contribution in [0.2, 0.25) is 0 Å². The first-order valence-electron chi connectivity index (χ1n) is 5.51. The monoisotopic (exact) mass is 267 g/mol. The van der Waals surface area contributed by atoms with Crippen LogP contribution in [-0.4, -0.2) is 27.5 Å². The Morgan fingerprint density at radius 3 is 2.88 bits per heavy atom. The molecule has 0 aliphatic carbocycles. The lowest BCUT2D eigenvalue weighted by Crippen LogP contribution is -2.26. The predicted molar refractivity (Wildman–Crippen MR) is 78.2 cm³/mol. The van der Waals surface area contributed by atoms with Crippen LogP contribution < -0.4 is 5.32 Å². The van der Waals surface area contributed by atoms with Crippen LogP contribution in [0.3, 0.4) is 0 Å². The van der Waals surface area contributed by atoms with E-state index in [4.69, 9.17) is 0 Å². The van der Waals surface area contributed by atoms with Crippen LogP contribution in [0.1, 0.15) is 19.4 Å². The van der Waals surface area contributed by atoms with E-state index in [9.17, 15) is 0 Å². The Bertz CT molecular complexity index is 519. The van der Waals surface area contributed by atoms with Crippen LogP contribution in [0, 0.1) is 6.92 Å². The van der Waals surface area contributed by atoms with Gasteiger partial charge in [0.2, 0.25) is 0 Å². The molecule has 3 nitrogen and oxygen atoms in total. The van der Waals surface area contributed by atoms with Gasteiger partial charge < -0.3 is 5.32 Å². The smallest absolute Gasteiger partial charge is 0.147 e. The van der Waals surface area contributed by atoms with Gasteiger partial charge in [0.15, 0.2) is 0 Å². The highest BCUT2D eigenvalue weighted by molar-refractivity contribution is 7.99. The molecule has 0 saturated heterocycles. The predicted octanol–water partition coefficient (Wildman–Crippen LogP) is 3.55. The molecule has 2 heterocycles. The fourth-order valence-electron chi connectivity index (χ4n) is 1.46. The van der Waals surface area contributed by atoms with E-state index in [2.05, 4.69) is 47.7 Å². The summed E-state index contributed by atoms with van der Waals surface area (Å²) in [6.07, 6.45) is 3.77. The van der Waals surface area contributed by atoms with Gasteiger partial charge in [-0.05, 0) is 38.0 Å². The van der Waals surface area contributed by atoms with Crippen molar-refractivity contribution in [3.05, 3.63) is 17.3 Å². The fraction of sp³-hybridized carbons (Fsp3) is 0.500. The molecule has 0 atom stereocenters. The van der Waals surface area contributed by atoms with Crippen LogP contribution in [0.15, 0.2) is 11.7 Å². The van der Waals surface area contributed by atoms with Crippen LogP contribution >= 0.6 is 23.1 Å². The normalized spacial score (nSPS) is 12.0. The minimum Gasteiger partial charge on any atom is -0.367 e. The minimum absolute atomic E-state index is 0.212. The van der Waals surface area contributed by atoms with Crippen molar-refractivity contribution >= 4 is 39.1 Å². The Labute approximate surface area is 110 Å². The SMILES string of the molecule is CSC(C)(C)CNc1ncnc2c(C)csc12. The van der Waals surface area contributed by atoms with Gasteiger partial charge in [-0.3, -0.25) is 0 Å². The van der Waals surface area contributed by atoms with Crippen molar-refractivity contribution in [3.63, 3.8) is 0 Å². The molecule has 0 spiro atoms. The van der Waals surface area contributed by atoms with Gasteiger partial charge in [-0.15, -0.1) is 11.3 Å². The molecule has 2 rings (SSSR count). The molecule has 0 aliphatic heterocycles. The maximum Gasteiger partial charge on any atom is 0.147 e. The molecule has 0 aromatic carbocycles. The van der Waals surface area contributed by atoms with Gasteiger partial charge in [0.1, 0.15) is 12.1 Å². The van der Waals surface area contributed by atoms with E-state index in [1.165, 1.54) is 5.56 Å². The molecule has 2 aromatic rings. The Morgan fingerprint density at radius 2 is 2.18 bits per heavy atom. The molecular formula is C12H17N3S2. The van der Waals surface area contributed by atoms with Gasteiger partial charge in [-0.25, -0.2) is 9.97 Å². The summed E-state index contributed by atoms with van der Waals surface area (Å²) in [6, 6.07) is 0. The van der Waals surface area contributed by atoms with Crippen molar-refractivity contribution < 1.29 is 0 Å². The van der Waals surface area contributed by atoms with E-state index in [0.29, 0.717) is 0 Å². The Balaban J connectivity index is 2.25. The highest BCUT2D eigenvalue weighted by Gasteiger charge is 2.17. The Morgan fingerprint density at radius 1 is 1.41 bits per heavy atom. The first-order valence-corrected chi connectivity index (χ1v) is 7.62. The number of thioether (sulfide) groups is 1. The zero-order chi connectivity index (χ0) is 12.5. The van der Waals surface area contributed by atoms with E-state index >= 15 is 0 Å². The van der Waals surface area contributed by atoms with E-state index in [-0.39, 0.29) is 4.75 Å². The quantitative estimate of drug-likeness (QED) is 0.919. The third-order valence-corrected chi connectivity index (χ3v) is 5.11. The van der Waals surface area contributed by atoms with E-state index in [0.717, 1.165) is 22.6 Å². The molecule has 1 N–H and O–H groups in total. The number of hydrogen-bond donors (Lipinski definition) is 1. The van der Waals surface area contributed by atoms with Crippen molar-refractivity contribution in [2.45, 2.75) is 25.5 Å². The van der Waals surface area contributed by atoms with Crippen molar-refractivity contribution in [3.8, 4) is 0 Å². The molecule has 0 unspecified atom stereocenters. The molecule has 92 valence electrons. The Kier molecular flexibility index (Phi) is 3.58. The van der Waals surface area contributed by atoms with E-state index in [1.54, 1.807) is 17.7 Å². The minimum atomic E-state index is 0.212. The number of thiophene rings is 1. The fourth-order valence-corrected chi connectivity index (χ4v) is 2.65. The molecule has 0 aliphatic rings. The average molecular weight is 267 g/mol. The first-order chi connectivity index (χ1) is 8.03. The summed E-state index contributed by atoms with van der Waals surface area (Å²) in [4.78, 5) is 8.66. The van der Waals surface area contributed by atoms with Crippen LogP contribution in [0.5, 0.6) is 0 Å². The molecule has 0 amide bonds. The molecule has 0 saturated carbocycles. The number of hydrogen-bond acceptors (Lipinski definition) is 5. The highest BCUT2D eigenvalue weighted by atomic mass is 32.2. The number of fused-ring (bicyclic) bond motifs is 1. The number of nitrogens with zero attached hydrogens (tertiary/aromatic N) is 2. The zero-order valence-corrected chi connectivity index (χ0v) is 12.2. The van der Waals surface area contributed by atoms with Gasteiger partial charge in [0.05, 0.1) is 10.2 Å². The van der Waals surface area contributed by atoms with Crippen LogP contribution in [0.25, 0.3) is 10.2 Å². The van der Waals surface area contributed by atoms with Gasteiger partial charge in [-0.2, -0.15) is 11.8 Å². The lowest BCUT2D eigenvalue weighted by atomic mass is 10.2. The van der Waals surface area contributed by atoms with Crippen LogP contribution in [0.4, 0.5) is 5.82 Å².